The first-order valence-corrected chi connectivity index (χ1v) is 7.98. The third-order valence-corrected chi connectivity index (χ3v) is 4.54. The summed E-state index contributed by atoms with van der Waals surface area (Å²) in [6, 6.07) is 6.85. The van der Waals surface area contributed by atoms with E-state index in [9.17, 15) is 13.2 Å². The van der Waals surface area contributed by atoms with E-state index < -0.39 is 22.5 Å². The zero-order valence-corrected chi connectivity index (χ0v) is 13.2. The molecule has 7 nitrogen and oxygen atoms in total. The van der Waals surface area contributed by atoms with Gasteiger partial charge in [0.1, 0.15) is 22.9 Å². The number of sulfonamides is 1. The Hall–Kier alpha value is -2.19. The highest BCUT2D eigenvalue weighted by molar-refractivity contribution is 7.89. The van der Waals surface area contributed by atoms with E-state index in [1.165, 1.54) is 13.8 Å². The van der Waals surface area contributed by atoms with Crippen LogP contribution in [0.2, 0.25) is 0 Å². The molecule has 8 heteroatoms. The first-order valence-electron chi connectivity index (χ1n) is 6.49. The van der Waals surface area contributed by atoms with Crippen LogP contribution in [0.15, 0.2) is 33.7 Å². The number of aromatic nitrogens is 1. The molecule has 1 heterocycles. The summed E-state index contributed by atoms with van der Waals surface area (Å²) in [5.41, 5.74) is 1.26. The van der Waals surface area contributed by atoms with Crippen LogP contribution < -0.4 is 9.46 Å². The number of hydrogen-bond acceptors (Lipinski definition) is 6. The standard InChI is InChI=1S/C14H16N2O5S/c1-9-4-6-12(7-5-9)20-13(17)8-15-22(18,19)14-10(2)16-21-11(14)3/h4-7,15H,8H2,1-3H3. The van der Waals surface area contributed by atoms with Crippen molar-refractivity contribution < 1.29 is 22.5 Å². The summed E-state index contributed by atoms with van der Waals surface area (Å²) in [6.45, 7) is 4.42. The molecule has 0 atom stereocenters. The first kappa shape index (κ1) is 16.2. The fourth-order valence-corrected chi connectivity index (χ4v) is 3.15. The van der Waals surface area contributed by atoms with Gasteiger partial charge in [-0.15, -0.1) is 0 Å². The van der Waals surface area contributed by atoms with E-state index in [0.29, 0.717) is 5.75 Å². The van der Waals surface area contributed by atoms with E-state index in [1.54, 1.807) is 24.3 Å². The molecule has 0 aliphatic heterocycles. The summed E-state index contributed by atoms with van der Waals surface area (Å²) in [5, 5.41) is 3.58. The van der Waals surface area contributed by atoms with Crippen molar-refractivity contribution in [3.63, 3.8) is 0 Å². The van der Waals surface area contributed by atoms with E-state index in [4.69, 9.17) is 9.26 Å². The Balaban J connectivity index is 2.00. The molecule has 0 amide bonds. The van der Waals surface area contributed by atoms with Gasteiger partial charge in [0.15, 0.2) is 5.76 Å². The smallest absolute Gasteiger partial charge is 0.326 e. The molecule has 0 saturated carbocycles. The van der Waals surface area contributed by atoms with Crippen molar-refractivity contribution in [1.82, 2.24) is 9.88 Å². The Morgan fingerprint density at radius 3 is 2.41 bits per heavy atom. The highest BCUT2D eigenvalue weighted by Gasteiger charge is 2.24. The summed E-state index contributed by atoms with van der Waals surface area (Å²) in [4.78, 5) is 11.6. The van der Waals surface area contributed by atoms with Crippen molar-refractivity contribution in [2.75, 3.05) is 6.54 Å². The van der Waals surface area contributed by atoms with E-state index in [2.05, 4.69) is 9.88 Å². The normalized spacial score (nSPS) is 11.4. The van der Waals surface area contributed by atoms with Gasteiger partial charge in [-0.1, -0.05) is 22.9 Å². The largest absolute Gasteiger partial charge is 0.426 e. The van der Waals surface area contributed by atoms with Crippen LogP contribution in [0, 0.1) is 20.8 Å². The Morgan fingerprint density at radius 1 is 1.23 bits per heavy atom. The molecule has 0 saturated heterocycles. The molecule has 2 aromatic rings. The van der Waals surface area contributed by atoms with Gasteiger partial charge in [-0.25, -0.2) is 8.42 Å². The van der Waals surface area contributed by atoms with Crippen LogP contribution in [0.1, 0.15) is 17.0 Å². The van der Waals surface area contributed by atoms with Crippen molar-refractivity contribution in [3.05, 3.63) is 41.3 Å². The van der Waals surface area contributed by atoms with Gasteiger partial charge >= 0.3 is 5.97 Å². The summed E-state index contributed by atoms with van der Waals surface area (Å²) in [6.07, 6.45) is 0. The third-order valence-electron chi connectivity index (χ3n) is 2.90. The summed E-state index contributed by atoms with van der Waals surface area (Å²) >= 11 is 0. The van der Waals surface area contributed by atoms with Crippen LogP contribution in [0.4, 0.5) is 0 Å². The Kier molecular flexibility index (Phi) is 4.62. The van der Waals surface area contributed by atoms with Crippen molar-refractivity contribution in [2.45, 2.75) is 25.7 Å². The van der Waals surface area contributed by atoms with E-state index in [-0.39, 0.29) is 16.3 Å². The Bertz CT molecular complexity index is 759. The molecule has 0 radical (unpaired) electrons. The fraction of sp³-hybridized carbons (Fsp3) is 0.286. The second-order valence-electron chi connectivity index (χ2n) is 4.76. The number of nitrogens with zero attached hydrogens (tertiary/aromatic N) is 1. The number of nitrogens with one attached hydrogen (secondary N) is 1. The number of aryl methyl sites for hydroxylation is 3. The van der Waals surface area contributed by atoms with Crippen molar-refractivity contribution in [1.29, 1.82) is 0 Å². The number of rotatable bonds is 5. The lowest BCUT2D eigenvalue weighted by Gasteiger charge is -2.07. The topological polar surface area (TPSA) is 98.5 Å². The summed E-state index contributed by atoms with van der Waals surface area (Å²) < 4.78 is 36.3. The van der Waals surface area contributed by atoms with Gasteiger partial charge in [-0.05, 0) is 32.9 Å². The lowest BCUT2D eigenvalue weighted by molar-refractivity contribution is -0.133. The zero-order chi connectivity index (χ0) is 16.3. The molecule has 0 fully saturated rings. The van der Waals surface area contributed by atoms with Gasteiger partial charge in [0.05, 0.1) is 0 Å². The minimum Gasteiger partial charge on any atom is -0.426 e. The van der Waals surface area contributed by atoms with Gasteiger partial charge in [0.25, 0.3) is 0 Å². The molecule has 1 N–H and O–H groups in total. The molecule has 22 heavy (non-hydrogen) atoms. The molecule has 1 aromatic heterocycles. The third kappa shape index (κ3) is 3.71. The van der Waals surface area contributed by atoms with Crippen molar-refractivity contribution >= 4 is 16.0 Å². The molecule has 0 aliphatic carbocycles. The average Bonchev–Trinajstić information content (AvgIpc) is 2.79. The van der Waals surface area contributed by atoms with Crippen molar-refractivity contribution in [2.24, 2.45) is 0 Å². The predicted molar refractivity (Wildman–Crippen MR) is 78.0 cm³/mol. The van der Waals surface area contributed by atoms with Crippen LogP contribution in [-0.4, -0.2) is 26.1 Å². The maximum atomic E-state index is 12.1. The van der Waals surface area contributed by atoms with E-state index in [0.717, 1.165) is 5.56 Å². The summed E-state index contributed by atoms with van der Waals surface area (Å²) in [7, 11) is -3.88. The maximum Gasteiger partial charge on any atom is 0.326 e. The monoisotopic (exact) mass is 324 g/mol. The van der Waals surface area contributed by atoms with Gasteiger partial charge in [-0.3, -0.25) is 4.79 Å². The van der Waals surface area contributed by atoms with Crippen LogP contribution in [0.25, 0.3) is 0 Å². The Morgan fingerprint density at radius 2 is 1.86 bits per heavy atom. The van der Waals surface area contributed by atoms with E-state index in [1.807, 2.05) is 6.92 Å². The fourth-order valence-electron chi connectivity index (χ4n) is 1.86. The van der Waals surface area contributed by atoms with Crippen LogP contribution >= 0.6 is 0 Å². The van der Waals surface area contributed by atoms with Crippen LogP contribution in [0.3, 0.4) is 0 Å². The molecular formula is C14H16N2O5S. The molecule has 118 valence electrons. The minimum atomic E-state index is -3.88. The quantitative estimate of drug-likeness (QED) is 0.661. The second kappa shape index (κ2) is 6.29. The van der Waals surface area contributed by atoms with Crippen LogP contribution in [0.5, 0.6) is 5.75 Å². The molecule has 0 spiro atoms. The number of esters is 1. The molecular weight excluding hydrogens is 308 g/mol. The van der Waals surface area contributed by atoms with Gasteiger partial charge in [-0.2, -0.15) is 4.72 Å². The van der Waals surface area contributed by atoms with Crippen molar-refractivity contribution in [3.8, 4) is 5.75 Å². The zero-order valence-electron chi connectivity index (χ0n) is 12.4. The molecule has 0 aliphatic rings. The van der Waals surface area contributed by atoms with Gasteiger partial charge in [0, 0.05) is 0 Å². The molecule has 0 bridgehead atoms. The lowest BCUT2D eigenvalue weighted by atomic mass is 10.2. The summed E-state index contributed by atoms with van der Waals surface area (Å²) in [5.74, 6) is -0.191. The number of hydrogen-bond donors (Lipinski definition) is 1. The Labute approximate surface area is 128 Å². The van der Waals surface area contributed by atoms with Crippen LogP contribution in [-0.2, 0) is 14.8 Å². The second-order valence-corrected chi connectivity index (χ2v) is 6.47. The highest BCUT2D eigenvalue weighted by Crippen LogP contribution is 2.18. The SMILES string of the molecule is Cc1ccc(OC(=O)CNS(=O)(=O)c2c(C)noc2C)cc1. The number of carbonyl (C=O) groups is 1. The number of ether oxygens (including phenoxy) is 1. The molecule has 2 rings (SSSR count). The predicted octanol–water partition coefficient (Wildman–Crippen LogP) is 1.48. The average molecular weight is 324 g/mol. The highest BCUT2D eigenvalue weighted by atomic mass is 32.2. The number of carbonyl (C=O) groups excluding carboxylic acids is 1. The molecule has 0 unspecified atom stereocenters. The van der Waals surface area contributed by atoms with Gasteiger partial charge < -0.3 is 9.26 Å². The van der Waals surface area contributed by atoms with Gasteiger partial charge in [0.2, 0.25) is 10.0 Å². The maximum absolute atomic E-state index is 12.1. The molecule has 1 aromatic carbocycles. The number of benzene rings is 1. The lowest BCUT2D eigenvalue weighted by Crippen LogP contribution is -2.32. The minimum absolute atomic E-state index is 0.0596. The first-order chi connectivity index (χ1) is 10.3. The van der Waals surface area contributed by atoms with E-state index >= 15 is 0 Å².